The van der Waals surface area contributed by atoms with Crippen LogP contribution in [0.5, 0.6) is 0 Å². The van der Waals surface area contributed by atoms with Gasteiger partial charge in [-0.1, -0.05) is 17.7 Å². The summed E-state index contributed by atoms with van der Waals surface area (Å²) in [4.78, 5) is 10.9. The van der Waals surface area contributed by atoms with E-state index in [4.69, 9.17) is 33.7 Å². The molecule has 0 unspecified atom stereocenters. The van der Waals surface area contributed by atoms with Crippen molar-refractivity contribution >= 4 is 28.9 Å². The summed E-state index contributed by atoms with van der Waals surface area (Å²) in [5, 5.41) is 34.9. The zero-order chi connectivity index (χ0) is 15.2. The van der Waals surface area contributed by atoms with E-state index in [1.807, 2.05) is 0 Å². The van der Waals surface area contributed by atoms with E-state index in [9.17, 15) is 10.1 Å². The number of rotatable bonds is 5. The first kappa shape index (κ1) is 15.6. The first-order chi connectivity index (χ1) is 9.49. The van der Waals surface area contributed by atoms with Crippen LogP contribution in [0.2, 0.25) is 5.02 Å². The number of alkyl halides is 1. The fourth-order valence-electron chi connectivity index (χ4n) is 1.11. The van der Waals surface area contributed by atoms with Crippen LogP contribution in [0, 0.1) is 32.8 Å². The van der Waals surface area contributed by atoms with E-state index in [0.29, 0.717) is 5.02 Å². The smallest absolute Gasteiger partial charge is 0.310 e. The van der Waals surface area contributed by atoms with Crippen LogP contribution in [0.25, 0.3) is 0 Å². The molecule has 20 heavy (non-hydrogen) atoms. The lowest BCUT2D eigenvalue weighted by Gasteiger charge is -2.17. The summed E-state index contributed by atoms with van der Waals surface area (Å²) in [6.45, 7) is 0. The van der Waals surface area contributed by atoms with Crippen molar-refractivity contribution in [1.29, 1.82) is 10.5 Å². The van der Waals surface area contributed by atoms with Crippen molar-refractivity contribution < 1.29 is 5.03 Å². The fourth-order valence-corrected chi connectivity index (χ4v) is 1.52. The molecule has 1 aromatic carbocycles. The number of hydrogen-bond acceptors (Lipinski definition) is 6. The Morgan fingerprint density at radius 2 is 2.10 bits per heavy atom. The lowest BCUT2D eigenvalue weighted by Crippen LogP contribution is -2.48. The van der Waals surface area contributed by atoms with Crippen molar-refractivity contribution in [1.82, 2.24) is 5.12 Å². The van der Waals surface area contributed by atoms with E-state index in [2.05, 4.69) is 10.3 Å². The highest BCUT2D eigenvalue weighted by Gasteiger charge is 2.46. The molecule has 0 bridgehead atoms. The first-order valence-electron chi connectivity index (χ1n) is 4.99. The molecule has 0 aliphatic heterocycles. The van der Waals surface area contributed by atoms with E-state index >= 15 is 0 Å². The van der Waals surface area contributed by atoms with E-state index < -0.39 is 16.5 Å². The number of hydrogen-bond donors (Lipinski definition) is 0. The summed E-state index contributed by atoms with van der Waals surface area (Å²) in [5.41, 5.74) is -2.02. The van der Waals surface area contributed by atoms with E-state index in [1.165, 1.54) is 24.3 Å². The second kappa shape index (κ2) is 6.66. The van der Waals surface area contributed by atoms with Crippen molar-refractivity contribution in [2.75, 3.05) is 5.88 Å². The van der Waals surface area contributed by atoms with Gasteiger partial charge in [0.15, 0.2) is 5.22 Å². The lowest BCUT2D eigenvalue weighted by atomic mass is 10.1. The normalized spacial score (nSPS) is 10.8. The molecular weight excluding hydrogens is 307 g/mol. The van der Waals surface area contributed by atoms with Crippen LogP contribution >= 0.6 is 23.2 Å². The molecule has 0 aromatic heterocycles. The molecule has 0 fully saturated rings. The zero-order valence-electron chi connectivity index (χ0n) is 9.77. The van der Waals surface area contributed by atoms with Crippen molar-refractivity contribution in [3.05, 3.63) is 39.4 Å². The van der Waals surface area contributed by atoms with Crippen molar-refractivity contribution in [2.24, 2.45) is 10.3 Å². The second-order valence-corrected chi connectivity index (χ2v) is 4.12. The maximum Gasteiger partial charge on any atom is 0.310 e. The predicted octanol–water partition coefficient (Wildman–Crippen LogP) is 2.86. The highest BCUT2D eigenvalue weighted by atomic mass is 35.5. The average Bonchev–Trinajstić information content (AvgIpc) is 2.43. The maximum absolute atomic E-state index is 10.9. The summed E-state index contributed by atoms with van der Waals surface area (Å²) in [6, 6.07) is 8.96. The number of nitrogens with zero attached hydrogens (tertiary/aromatic N) is 6. The summed E-state index contributed by atoms with van der Waals surface area (Å²) in [6.07, 6.45) is 0. The zero-order valence-corrected chi connectivity index (χ0v) is 11.3. The van der Waals surface area contributed by atoms with E-state index in [0.717, 1.165) is 0 Å². The third-order valence-electron chi connectivity index (χ3n) is 2.11. The molecule has 0 heterocycles. The summed E-state index contributed by atoms with van der Waals surface area (Å²) in [7, 11) is 0. The highest BCUT2D eigenvalue weighted by Crippen LogP contribution is 2.21. The summed E-state index contributed by atoms with van der Waals surface area (Å²) in [5.74, 6) is -0.629. The van der Waals surface area contributed by atoms with Gasteiger partial charge in [-0.3, -0.25) is 0 Å². The predicted molar refractivity (Wildman–Crippen MR) is 69.5 cm³/mol. The van der Waals surface area contributed by atoms with Gasteiger partial charge in [0.25, 0.3) is 0 Å². The Balaban J connectivity index is 3.15. The number of halogens is 2. The fraction of sp³-hybridized carbons (Fsp3) is 0.200. The Hall–Kier alpha value is -2.42. The Morgan fingerprint density at radius 3 is 2.55 bits per heavy atom. The SMILES string of the molecule is N#CC(C#N)(CCl)N(N=Nc1cccc(Cl)c1)[N+](=O)[O-]. The van der Waals surface area contributed by atoms with Crippen LogP contribution in [-0.2, 0) is 0 Å². The molecule has 0 saturated heterocycles. The largest absolute Gasteiger partial charge is 0.339 e. The maximum atomic E-state index is 10.9. The lowest BCUT2D eigenvalue weighted by molar-refractivity contribution is -0.669. The van der Waals surface area contributed by atoms with Gasteiger partial charge in [0.2, 0.25) is 0 Å². The highest BCUT2D eigenvalue weighted by molar-refractivity contribution is 6.30. The third-order valence-corrected chi connectivity index (χ3v) is 2.73. The minimum absolute atomic E-state index is 0.0148. The van der Waals surface area contributed by atoms with Gasteiger partial charge < -0.3 is 10.1 Å². The van der Waals surface area contributed by atoms with Crippen LogP contribution in [0.1, 0.15) is 0 Å². The van der Waals surface area contributed by atoms with Gasteiger partial charge in [-0.05, 0) is 23.3 Å². The van der Waals surface area contributed by atoms with Crippen molar-refractivity contribution in [2.45, 2.75) is 5.54 Å². The van der Waals surface area contributed by atoms with Gasteiger partial charge in [-0.25, -0.2) is 0 Å². The Morgan fingerprint density at radius 1 is 1.45 bits per heavy atom. The number of nitriles is 2. The van der Waals surface area contributed by atoms with Gasteiger partial charge in [0, 0.05) is 5.02 Å². The molecule has 0 N–H and O–H groups in total. The van der Waals surface area contributed by atoms with Gasteiger partial charge in [0.1, 0.15) is 17.8 Å². The molecule has 102 valence electrons. The van der Waals surface area contributed by atoms with Gasteiger partial charge in [-0.15, -0.1) is 11.6 Å². The van der Waals surface area contributed by atoms with E-state index in [-0.39, 0.29) is 10.8 Å². The molecule has 0 aliphatic carbocycles. The minimum atomic E-state index is -2.24. The molecule has 10 heteroatoms. The number of nitro groups is 1. The molecule has 8 nitrogen and oxygen atoms in total. The van der Waals surface area contributed by atoms with E-state index in [1.54, 1.807) is 12.1 Å². The molecule has 0 atom stereocenters. The van der Waals surface area contributed by atoms with Gasteiger partial charge in [-0.2, -0.15) is 10.5 Å². The molecule has 1 rings (SSSR count). The van der Waals surface area contributed by atoms with Crippen LogP contribution in [0.3, 0.4) is 0 Å². The molecule has 1 aromatic rings. The summed E-state index contributed by atoms with van der Waals surface area (Å²) < 4.78 is 0. The average molecular weight is 313 g/mol. The second-order valence-electron chi connectivity index (χ2n) is 3.41. The Kier molecular flexibility index (Phi) is 5.21. The van der Waals surface area contributed by atoms with Crippen LogP contribution in [0.15, 0.2) is 34.6 Å². The minimum Gasteiger partial charge on any atom is -0.339 e. The summed E-state index contributed by atoms with van der Waals surface area (Å²) >= 11 is 11.2. The standard InChI is InChI=1S/C10H6Cl2N6O2/c11-5-10(6-13,7-14)17(18(19)20)16-15-9-3-1-2-8(12)4-9/h1-4H,5H2. The monoisotopic (exact) mass is 312 g/mol. The first-order valence-corrected chi connectivity index (χ1v) is 5.90. The topological polar surface area (TPSA) is 119 Å². The third kappa shape index (κ3) is 3.32. The Bertz CT molecular complexity index is 607. The van der Waals surface area contributed by atoms with Crippen molar-refractivity contribution in [3.63, 3.8) is 0 Å². The quantitative estimate of drug-likeness (QED) is 0.358. The van der Waals surface area contributed by atoms with Crippen LogP contribution in [-0.4, -0.2) is 21.6 Å². The molecular formula is C10H6Cl2N6O2. The molecule has 0 saturated carbocycles. The number of benzene rings is 1. The van der Waals surface area contributed by atoms with Crippen LogP contribution < -0.4 is 0 Å². The van der Waals surface area contributed by atoms with Crippen LogP contribution in [0.4, 0.5) is 5.69 Å². The van der Waals surface area contributed by atoms with Gasteiger partial charge >= 0.3 is 5.54 Å². The van der Waals surface area contributed by atoms with Gasteiger partial charge in [0.05, 0.1) is 16.0 Å². The molecule has 0 radical (unpaired) electrons. The number of hydrazine groups is 1. The molecule has 0 amide bonds. The van der Waals surface area contributed by atoms with Crippen molar-refractivity contribution in [3.8, 4) is 12.1 Å². The molecule has 0 spiro atoms. The molecule has 0 aliphatic rings. The Labute approximate surface area is 123 Å².